The minimum absolute atomic E-state index is 0.391. The number of hydrogen-bond acceptors (Lipinski definition) is 0. The van der Waals surface area contributed by atoms with Crippen molar-refractivity contribution < 1.29 is 0 Å². The van der Waals surface area contributed by atoms with E-state index in [4.69, 9.17) is 0 Å². The van der Waals surface area contributed by atoms with Gasteiger partial charge in [-0.3, -0.25) is 0 Å². The third kappa shape index (κ3) is 6.86. The molecule has 0 aromatic carbocycles. The van der Waals surface area contributed by atoms with Crippen molar-refractivity contribution in [2.45, 2.75) is 60.8 Å². The summed E-state index contributed by atoms with van der Waals surface area (Å²) in [5, 5.41) is 0. The molecule has 0 radical (unpaired) electrons. The predicted octanol–water partition coefficient (Wildman–Crippen LogP) is 4.81. The molecule has 0 N–H and O–H groups in total. The number of rotatable bonds is 5. The van der Waals surface area contributed by atoms with Gasteiger partial charge >= 0.3 is 0 Å². The maximum Gasteiger partial charge on any atom is -0.0172 e. The van der Waals surface area contributed by atoms with Crippen molar-refractivity contribution in [1.82, 2.24) is 0 Å². The van der Waals surface area contributed by atoms with Crippen molar-refractivity contribution in [3.8, 4) is 0 Å². The monoisotopic (exact) mass is 182 g/mol. The van der Waals surface area contributed by atoms with Gasteiger partial charge in [0.15, 0.2) is 0 Å². The molecule has 0 heterocycles. The first-order chi connectivity index (χ1) is 5.87. The van der Waals surface area contributed by atoms with Crippen LogP contribution in [0.2, 0.25) is 0 Å². The summed E-state index contributed by atoms with van der Waals surface area (Å²) in [7, 11) is 0. The molecule has 0 amide bonds. The molecule has 0 aliphatic heterocycles. The second kappa shape index (κ2) is 5.47. The molecule has 78 valence electrons. The molecule has 0 nitrogen and oxygen atoms in total. The second-order valence-electron chi connectivity index (χ2n) is 5.26. The summed E-state index contributed by atoms with van der Waals surface area (Å²) in [6.07, 6.45) is 6.38. The van der Waals surface area contributed by atoms with Crippen molar-refractivity contribution in [2.24, 2.45) is 11.3 Å². The van der Waals surface area contributed by atoms with Crippen LogP contribution in [0.1, 0.15) is 60.8 Å². The summed E-state index contributed by atoms with van der Waals surface area (Å²) >= 11 is 0. The Bertz CT molecular complexity index is 159. The minimum atomic E-state index is 0.391. The molecule has 0 aliphatic carbocycles. The topological polar surface area (TPSA) is 0 Å². The molecule has 0 bridgehead atoms. The lowest BCUT2D eigenvalue weighted by atomic mass is 9.83. The Balaban J connectivity index is 3.96. The van der Waals surface area contributed by atoms with E-state index in [1.165, 1.54) is 24.8 Å². The van der Waals surface area contributed by atoms with Gasteiger partial charge in [-0.15, -0.1) is 0 Å². The maximum atomic E-state index is 2.40. The van der Waals surface area contributed by atoms with Crippen molar-refractivity contribution >= 4 is 0 Å². The van der Waals surface area contributed by atoms with Crippen molar-refractivity contribution in [3.05, 3.63) is 11.6 Å². The molecule has 0 aliphatic rings. The predicted molar refractivity (Wildman–Crippen MR) is 61.9 cm³/mol. The maximum absolute atomic E-state index is 2.40. The van der Waals surface area contributed by atoms with E-state index in [0.717, 1.165) is 5.92 Å². The summed E-state index contributed by atoms with van der Waals surface area (Å²) in [6, 6.07) is 0. The van der Waals surface area contributed by atoms with Gasteiger partial charge in [0.1, 0.15) is 0 Å². The van der Waals surface area contributed by atoms with Crippen LogP contribution in [0.4, 0.5) is 0 Å². The lowest BCUT2D eigenvalue weighted by Crippen LogP contribution is -2.10. The molecule has 0 aromatic rings. The quantitative estimate of drug-likeness (QED) is 0.535. The fraction of sp³-hybridized carbons (Fsp3) is 0.846. The highest BCUT2D eigenvalue weighted by Gasteiger charge is 2.15. The van der Waals surface area contributed by atoms with Crippen LogP contribution in [0, 0.1) is 11.3 Å². The van der Waals surface area contributed by atoms with E-state index in [0.29, 0.717) is 5.41 Å². The molecule has 0 rings (SSSR count). The van der Waals surface area contributed by atoms with Gasteiger partial charge in [0, 0.05) is 0 Å². The number of allylic oxidation sites excluding steroid dienone is 2. The Morgan fingerprint density at radius 1 is 1.31 bits per heavy atom. The van der Waals surface area contributed by atoms with E-state index in [-0.39, 0.29) is 0 Å². The largest absolute Gasteiger partial charge is 0.0802 e. The highest BCUT2D eigenvalue weighted by molar-refractivity contribution is 5.02. The van der Waals surface area contributed by atoms with E-state index >= 15 is 0 Å². The number of hydrogen-bond donors (Lipinski definition) is 0. The van der Waals surface area contributed by atoms with Crippen molar-refractivity contribution in [2.75, 3.05) is 0 Å². The standard InChI is InChI=1S/C13H26/c1-7-12(4)8-9-13(5,6)10-11(2)3/h10,12H,7-9H2,1-6H3. The van der Waals surface area contributed by atoms with Gasteiger partial charge in [0.2, 0.25) is 0 Å². The molecule has 0 saturated carbocycles. The van der Waals surface area contributed by atoms with Gasteiger partial charge in [-0.25, -0.2) is 0 Å². The molecular weight excluding hydrogens is 156 g/mol. The van der Waals surface area contributed by atoms with Gasteiger partial charge in [-0.2, -0.15) is 0 Å². The first kappa shape index (κ1) is 12.7. The first-order valence-corrected chi connectivity index (χ1v) is 5.53. The average molecular weight is 182 g/mol. The fourth-order valence-corrected chi connectivity index (χ4v) is 1.68. The SMILES string of the molecule is CCC(C)CCC(C)(C)C=C(C)C. The van der Waals surface area contributed by atoms with Crippen LogP contribution in [-0.2, 0) is 0 Å². The molecule has 1 unspecified atom stereocenters. The Morgan fingerprint density at radius 3 is 2.23 bits per heavy atom. The Hall–Kier alpha value is -0.260. The molecule has 1 atom stereocenters. The molecule has 0 spiro atoms. The normalized spacial score (nSPS) is 14.0. The van der Waals surface area contributed by atoms with Gasteiger partial charge in [-0.05, 0) is 38.0 Å². The third-order valence-electron chi connectivity index (χ3n) is 2.66. The zero-order valence-electron chi connectivity index (χ0n) is 10.3. The third-order valence-corrected chi connectivity index (χ3v) is 2.66. The van der Waals surface area contributed by atoms with Crippen molar-refractivity contribution in [3.63, 3.8) is 0 Å². The zero-order valence-corrected chi connectivity index (χ0v) is 10.3. The van der Waals surface area contributed by atoms with E-state index < -0.39 is 0 Å². The smallest absolute Gasteiger partial charge is 0.0172 e. The fourth-order valence-electron chi connectivity index (χ4n) is 1.68. The Morgan fingerprint density at radius 2 is 1.85 bits per heavy atom. The Labute approximate surface area is 84.4 Å². The van der Waals surface area contributed by atoms with Crippen LogP contribution < -0.4 is 0 Å². The van der Waals surface area contributed by atoms with Crippen LogP contribution in [0.3, 0.4) is 0 Å². The second-order valence-corrected chi connectivity index (χ2v) is 5.26. The van der Waals surface area contributed by atoms with E-state index in [1.54, 1.807) is 0 Å². The summed E-state index contributed by atoms with van der Waals surface area (Å²) in [5.74, 6) is 0.879. The van der Waals surface area contributed by atoms with Gasteiger partial charge < -0.3 is 0 Å². The minimum Gasteiger partial charge on any atom is -0.0802 e. The molecule has 13 heavy (non-hydrogen) atoms. The van der Waals surface area contributed by atoms with Gasteiger partial charge in [0.25, 0.3) is 0 Å². The van der Waals surface area contributed by atoms with Gasteiger partial charge in [0.05, 0.1) is 0 Å². The first-order valence-electron chi connectivity index (χ1n) is 5.53. The van der Waals surface area contributed by atoms with Crippen LogP contribution >= 0.6 is 0 Å². The van der Waals surface area contributed by atoms with E-state index in [9.17, 15) is 0 Å². The summed E-state index contributed by atoms with van der Waals surface area (Å²) in [4.78, 5) is 0. The molecule has 0 fully saturated rings. The molecule has 0 saturated heterocycles. The van der Waals surface area contributed by atoms with Crippen LogP contribution in [0.15, 0.2) is 11.6 Å². The van der Waals surface area contributed by atoms with E-state index in [1.807, 2.05) is 0 Å². The van der Waals surface area contributed by atoms with Crippen LogP contribution in [0.25, 0.3) is 0 Å². The molecular formula is C13H26. The van der Waals surface area contributed by atoms with Crippen LogP contribution in [0.5, 0.6) is 0 Å². The zero-order chi connectivity index (χ0) is 10.5. The summed E-state index contributed by atoms with van der Waals surface area (Å²) in [5.41, 5.74) is 1.83. The molecule has 0 aromatic heterocycles. The Kier molecular flexibility index (Phi) is 5.36. The lowest BCUT2D eigenvalue weighted by molar-refractivity contribution is 0.365. The summed E-state index contributed by atoms with van der Waals surface area (Å²) in [6.45, 7) is 13.7. The highest BCUT2D eigenvalue weighted by atomic mass is 14.2. The van der Waals surface area contributed by atoms with E-state index in [2.05, 4.69) is 47.6 Å². The van der Waals surface area contributed by atoms with Crippen LogP contribution in [-0.4, -0.2) is 0 Å². The highest BCUT2D eigenvalue weighted by Crippen LogP contribution is 2.28. The average Bonchev–Trinajstić information content (AvgIpc) is 1.98. The summed E-state index contributed by atoms with van der Waals surface area (Å²) < 4.78 is 0. The lowest BCUT2D eigenvalue weighted by Gasteiger charge is -2.22. The molecule has 0 heteroatoms. The van der Waals surface area contributed by atoms with Crippen molar-refractivity contribution in [1.29, 1.82) is 0 Å². The van der Waals surface area contributed by atoms with Gasteiger partial charge in [-0.1, -0.05) is 45.8 Å².